The molecular weight excluding hydrogens is 234 g/mol. The van der Waals surface area contributed by atoms with Gasteiger partial charge in [-0.3, -0.25) is 0 Å². The lowest BCUT2D eigenvalue weighted by Crippen LogP contribution is -2.38. The molecule has 0 unspecified atom stereocenters. The van der Waals surface area contributed by atoms with Gasteiger partial charge in [0.05, 0.1) is 0 Å². The van der Waals surface area contributed by atoms with Crippen molar-refractivity contribution in [3.63, 3.8) is 0 Å². The molecule has 5 nitrogen and oxygen atoms in total. The molecule has 5 heteroatoms. The normalized spacial score (nSPS) is 22.9. The summed E-state index contributed by atoms with van der Waals surface area (Å²) < 4.78 is 9.59. The van der Waals surface area contributed by atoms with Gasteiger partial charge in [-0.2, -0.15) is 0 Å². The number of carbonyl (C=O) groups is 2. The molecule has 0 radical (unpaired) electrons. The van der Waals surface area contributed by atoms with Crippen LogP contribution in [0, 0.1) is 5.92 Å². The minimum atomic E-state index is -0.514. The molecule has 18 heavy (non-hydrogen) atoms. The number of hydrogen-bond acceptors (Lipinski definition) is 4. The third-order valence-electron chi connectivity index (χ3n) is 3.07. The van der Waals surface area contributed by atoms with Crippen molar-refractivity contribution in [2.24, 2.45) is 5.92 Å². The highest BCUT2D eigenvalue weighted by Crippen LogP contribution is 2.23. The molecule has 1 fully saturated rings. The molecule has 1 N–H and O–H groups in total. The Bertz CT molecular complexity index is 295. The van der Waals surface area contributed by atoms with Gasteiger partial charge in [0.2, 0.25) is 0 Å². The molecule has 0 aromatic carbocycles. The quantitative estimate of drug-likeness (QED) is 0.464. The van der Waals surface area contributed by atoms with E-state index >= 15 is 0 Å². The second kappa shape index (κ2) is 7.74. The molecule has 0 bridgehead atoms. The number of ether oxygens (including phenoxy) is 2. The fourth-order valence-corrected chi connectivity index (χ4v) is 1.95. The van der Waals surface area contributed by atoms with Crippen LogP contribution in [0.1, 0.15) is 32.6 Å². The van der Waals surface area contributed by atoms with Crippen molar-refractivity contribution in [3.05, 3.63) is 12.7 Å². The zero-order chi connectivity index (χ0) is 13.4. The van der Waals surface area contributed by atoms with E-state index in [2.05, 4.69) is 23.6 Å². The van der Waals surface area contributed by atoms with Gasteiger partial charge in [-0.15, -0.1) is 0 Å². The van der Waals surface area contributed by atoms with Crippen LogP contribution < -0.4 is 5.32 Å². The molecule has 0 spiro atoms. The Morgan fingerprint density at radius 3 is 2.44 bits per heavy atom. The maximum Gasteiger partial charge on any atom is 0.407 e. The van der Waals surface area contributed by atoms with Crippen molar-refractivity contribution in [1.82, 2.24) is 5.32 Å². The van der Waals surface area contributed by atoms with E-state index < -0.39 is 12.1 Å². The number of alkyl carbamates (subject to hydrolysis) is 1. The molecule has 0 atom stereocenters. The Labute approximate surface area is 108 Å². The first-order valence-electron chi connectivity index (χ1n) is 6.34. The smallest absolute Gasteiger partial charge is 0.407 e. The highest BCUT2D eigenvalue weighted by molar-refractivity contribution is 5.81. The molecule has 0 saturated heterocycles. The Kier molecular flexibility index (Phi) is 6.25. The molecular formula is C13H21NO4. The van der Waals surface area contributed by atoms with Crippen molar-refractivity contribution in [3.8, 4) is 0 Å². The van der Waals surface area contributed by atoms with E-state index in [0.717, 1.165) is 37.7 Å². The van der Waals surface area contributed by atoms with E-state index in [9.17, 15) is 9.59 Å². The standard InChI is InChI=1S/C13H21NO4/c1-3-12(15)17-8-9-18-13(16)14-11-6-4-10(2)5-7-11/h3,10-11H,1,4-9H2,2H3,(H,14,16). The highest BCUT2D eigenvalue weighted by atomic mass is 16.6. The first-order chi connectivity index (χ1) is 8.61. The number of nitrogens with one attached hydrogen (secondary N) is 1. The van der Waals surface area contributed by atoms with Gasteiger partial charge >= 0.3 is 12.1 Å². The summed E-state index contributed by atoms with van der Waals surface area (Å²) in [5.41, 5.74) is 0. The Morgan fingerprint density at radius 1 is 1.22 bits per heavy atom. The molecule has 1 amide bonds. The second-order valence-corrected chi connectivity index (χ2v) is 4.61. The van der Waals surface area contributed by atoms with Gasteiger partial charge in [-0.25, -0.2) is 9.59 Å². The van der Waals surface area contributed by atoms with Crippen LogP contribution in [0.4, 0.5) is 4.79 Å². The summed E-state index contributed by atoms with van der Waals surface area (Å²) in [7, 11) is 0. The van der Waals surface area contributed by atoms with Crippen molar-refractivity contribution < 1.29 is 19.1 Å². The molecule has 1 saturated carbocycles. The molecule has 0 aliphatic heterocycles. The van der Waals surface area contributed by atoms with E-state index in [0.29, 0.717) is 0 Å². The van der Waals surface area contributed by atoms with Crippen LogP contribution in [0.2, 0.25) is 0 Å². The average molecular weight is 255 g/mol. The summed E-state index contributed by atoms with van der Waals surface area (Å²) in [6, 6.07) is 0.212. The fourth-order valence-electron chi connectivity index (χ4n) is 1.95. The lowest BCUT2D eigenvalue weighted by atomic mass is 9.87. The summed E-state index contributed by atoms with van der Waals surface area (Å²) in [4.78, 5) is 22.1. The van der Waals surface area contributed by atoms with E-state index in [4.69, 9.17) is 4.74 Å². The van der Waals surface area contributed by atoms with E-state index in [1.807, 2.05) is 0 Å². The molecule has 102 valence electrons. The largest absolute Gasteiger partial charge is 0.459 e. The molecule has 0 heterocycles. The average Bonchev–Trinajstić information content (AvgIpc) is 2.37. The summed E-state index contributed by atoms with van der Waals surface area (Å²) in [5.74, 6) is 0.234. The zero-order valence-corrected chi connectivity index (χ0v) is 10.8. The van der Waals surface area contributed by atoms with Gasteiger partial charge in [-0.05, 0) is 31.6 Å². The number of rotatable bonds is 5. The summed E-state index contributed by atoms with van der Waals surface area (Å²) in [5, 5.41) is 2.82. The third kappa shape index (κ3) is 5.70. The Hall–Kier alpha value is -1.52. The minimum absolute atomic E-state index is 0.0555. The van der Waals surface area contributed by atoms with Crippen LogP contribution in [0.3, 0.4) is 0 Å². The maximum atomic E-state index is 11.4. The van der Waals surface area contributed by atoms with Gasteiger partial charge in [-0.1, -0.05) is 13.5 Å². The van der Waals surface area contributed by atoms with E-state index in [1.54, 1.807) is 0 Å². The summed E-state index contributed by atoms with van der Waals surface area (Å²) in [6.07, 6.45) is 4.92. The molecule has 0 aromatic heterocycles. The van der Waals surface area contributed by atoms with Crippen LogP contribution in [0.15, 0.2) is 12.7 Å². The minimum Gasteiger partial charge on any atom is -0.459 e. The number of carbonyl (C=O) groups excluding carboxylic acids is 2. The van der Waals surface area contributed by atoms with Crippen molar-refractivity contribution in [2.75, 3.05) is 13.2 Å². The van der Waals surface area contributed by atoms with Crippen LogP contribution in [0.25, 0.3) is 0 Å². The van der Waals surface area contributed by atoms with Gasteiger partial charge in [0.15, 0.2) is 0 Å². The summed E-state index contributed by atoms with van der Waals surface area (Å²) in [6.45, 7) is 5.61. The SMILES string of the molecule is C=CC(=O)OCCOC(=O)NC1CCC(C)CC1. The topological polar surface area (TPSA) is 64.6 Å². The lowest BCUT2D eigenvalue weighted by molar-refractivity contribution is -0.138. The Balaban J connectivity index is 2.06. The van der Waals surface area contributed by atoms with Crippen molar-refractivity contribution in [2.45, 2.75) is 38.6 Å². The maximum absolute atomic E-state index is 11.4. The first kappa shape index (κ1) is 14.5. The van der Waals surface area contributed by atoms with E-state index in [-0.39, 0.29) is 19.3 Å². The number of esters is 1. The highest BCUT2D eigenvalue weighted by Gasteiger charge is 2.20. The monoisotopic (exact) mass is 255 g/mol. The fraction of sp³-hybridized carbons (Fsp3) is 0.692. The van der Waals surface area contributed by atoms with Crippen LogP contribution in [-0.2, 0) is 14.3 Å². The molecule has 0 aromatic rings. The summed E-state index contributed by atoms with van der Waals surface area (Å²) >= 11 is 0. The second-order valence-electron chi connectivity index (χ2n) is 4.61. The van der Waals surface area contributed by atoms with Crippen LogP contribution in [-0.4, -0.2) is 31.3 Å². The zero-order valence-electron chi connectivity index (χ0n) is 10.8. The van der Waals surface area contributed by atoms with Gasteiger partial charge in [0, 0.05) is 12.1 Å². The van der Waals surface area contributed by atoms with Crippen LogP contribution in [0.5, 0.6) is 0 Å². The van der Waals surface area contributed by atoms with Crippen molar-refractivity contribution in [1.29, 1.82) is 0 Å². The predicted octanol–water partition coefficient (Wildman–Crippen LogP) is 2.02. The van der Waals surface area contributed by atoms with Gasteiger partial charge in [0.25, 0.3) is 0 Å². The van der Waals surface area contributed by atoms with Crippen LogP contribution >= 0.6 is 0 Å². The number of amides is 1. The van der Waals surface area contributed by atoms with E-state index in [1.165, 1.54) is 0 Å². The molecule has 1 aliphatic carbocycles. The predicted molar refractivity (Wildman–Crippen MR) is 67.1 cm³/mol. The van der Waals surface area contributed by atoms with Gasteiger partial charge < -0.3 is 14.8 Å². The Morgan fingerprint density at radius 2 is 1.83 bits per heavy atom. The van der Waals surface area contributed by atoms with Gasteiger partial charge in [0.1, 0.15) is 13.2 Å². The lowest BCUT2D eigenvalue weighted by Gasteiger charge is -2.26. The molecule has 1 rings (SSSR count). The number of hydrogen-bond donors (Lipinski definition) is 1. The van der Waals surface area contributed by atoms with Crippen molar-refractivity contribution >= 4 is 12.1 Å². The first-order valence-corrected chi connectivity index (χ1v) is 6.34. The third-order valence-corrected chi connectivity index (χ3v) is 3.07. The molecule has 1 aliphatic rings.